The summed E-state index contributed by atoms with van der Waals surface area (Å²) in [4.78, 5) is 20.0. The first-order chi connectivity index (χ1) is 16.9. The molecule has 4 aromatic rings. The van der Waals surface area contributed by atoms with Crippen LogP contribution in [0.2, 0.25) is 5.02 Å². The van der Waals surface area contributed by atoms with Crippen LogP contribution in [-0.4, -0.2) is 33.4 Å². The van der Waals surface area contributed by atoms with E-state index in [4.69, 9.17) is 16.3 Å². The van der Waals surface area contributed by atoms with Crippen LogP contribution in [0.3, 0.4) is 0 Å². The summed E-state index contributed by atoms with van der Waals surface area (Å²) in [7, 11) is 0. The fraction of sp³-hybridized carbons (Fsp3) is 0.259. The fourth-order valence-corrected chi connectivity index (χ4v) is 5.50. The van der Waals surface area contributed by atoms with E-state index >= 15 is 0 Å². The molecular weight excluding hydrogens is 472 g/mol. The van der Waals surface area contributed by atoms with E-state index in [-0.39, 0.29) is 12.5 Å². The molecule has 4 heterocycles. The van der Waals surface area contributed by atoms with Crippen LogP contribution >= 0.6 is 11.6 Å². The third-order valence-corrected chi connectivity index (χ3v) is 7.27. The number of pyridine rings is 1. The monoisotopic (exact) mass is 493 g/mol. The lowest BCUT2D eigenvalue weighted by Crippen LogP contribution is -2.45. The van der Waals surface area contributed by atoms with Gasteiger partial charge in [0.05, 0.1) is 23.4 Å². The van der Waals surface area contributed by atoms with Gasteiger partial charge >= 0.3 is 0 Å². The summed E-state index contributed by atoms with van der Waals surface area (Å²) < 4.78 is 35.5. The van der Waals surface area contributed by atoms with Gasteiger partial charge in [0, 0.05) is 54.1 Å². The van der Waals surface area contributed by atoms with E-state index in [2.05, 4.69) is 4.98 Å². The average molecular weight is 494 g/mol. The van der Waals surface area contributed by atoms with E-state index < -0.39 is 17.2 Å². The maximum atomic E-state index is 13.8. The topological polar surface area (TPSA) is 47.4 Å². The Hall–Kier alpha value is -3.29. The lowest BCUT2D eigenvalue weighted by molar-refractivity contribution is -0.0762. The molecule has 6 rings (SSSR count). The molecule has 0 bridgehead atoms. The minimum absolute atomic E-state index is 0.0874. The highest BCUT2D eigenvalue weighted by Crippen LogP contribution is 2.43. The molecule has 0 unspecified atom stereocenters. The van der Waals surface area contributed by atoms with Crippen LogP contribution in [0.5, 0.6) is 0 Å². The number of piperidine rings is 1. The van der Waals surface area contributed by atoms with Crippen molar-refractivity contribution in [2.45, 2.75) is 31.6 Å². The molecule has 0 N–H and O–H groups in total. The average Bonchev–Trinajstić information content (AvgIpc) is 3.37. The maximum absolute atomic E-state index is 13.8. The molecule has 0 saturated carbocycles. The maximum Gasteiger partial charge on any atom is 0.256 e. The van der Waals surface area contributed by atoms with Gasteiger partial charge in [-0.1, -0.05) is 23.7 Å². The summed E-state index contributed by atoms with van der Waals surface area (Å²) in [6.07, 6.45) is 4.89. The van der Waals surface area contributed by atoms with E-state index in [1.165, 1.54) is 12.1 Å². The number of likely N-dealkylation sites (tertiary alicyclic amines) is 1. The number of hydrogen-bond acceptors (Lipinski definition) is 3. The minimum Gasteiger partial charge on any atom is -0.364 e. The first kappa shape index (κ1) is 22.2. The number of fused-ring (bicyclic) bond motifs is 3. The summed E-state index contributed by atoms with van der Waals surface area (Å²) in [6.45, 7) is 1.85. The quantitative estimate of drug-likeness (QED) is 0.369. The second-order valence-electron chi connectivity index (χ2n) is 9.20. The molecule has 0 radical (unpaired) electrons. The predicted molar refractivity (Wildman–Crippen MR) is 128 cm³/mol. The number of carbonyl (C=O) groups is 1. The number of halogens is 3. The largest absolute Gasteiger partial charge is 0.364 e. The SMILES string of the molecule is O=C(c1cn(Cc2cc(F)cc(F)c2)c2cc(Cl)ccc12)N1CCC2(CC1)OCc1cccnc12. The molecule has 1 spiro atoms. The third-order valence-electron chi connectivity index (χ3n) is 7.04. The van der Waals surface area contributed by atoms with Gasteiger partial charge in [-0.25, -0.2) is 8.78 Å². The van der Waals surface area contributed by atoms with E-state index in [0.29, 0.717) is 48.7 Å². The van der Waals surface area contributed by atoms with Gasteiger partial charge in [-0.2, -0.15) is 0 Å². The van der Waals surface area contributed by atoms with Crippen molar-refractivity contribution in [3.8, 4) is 0 Å². The highest BCUT2D eigenvalue weighted by Gasteiger charge is 2.44. The zero-order valence-electron chi connectivity index (χ0n) is 18.8. The Morgan fingerprint density at radius 1 is 1.09 bits per heavy atom. The summed E-state index contributed by atoms with van der Waals surface area (Å²) in [5.74, 6) is -1.37. The Labute approximate surface area is 205 Å². The van der Waals surface area contributed by atoms with Crippen LogP contribution in [-0.2, 0) is 23.5 Å². The van der Waals surface area contributed by atoms with Crippen molar-refractivity contribution < 1.29 is 18.3 Å². The van der Waals surface area contributed by atoms with Crippen LogP contribution in [0.1, 0.15) is 40.0 Å². The molecule has 2 aliphatic rings. The molecule has 2 aromatic carbocycles. The Morgan fingerprint density at radius 2 is 1.86 bits per heavy atom. The van der Waals surface area contributed by atoms with Gasteiger partial charge in [0.2, 0.25) is 0 Å². The fourth-order valence-electron chi connectivity index (χ4n) is 5.34. The van der Waals surface area contributed by atoms with E-state index in [9.17, 15) is 13.6 Å². The lowest BCUT2D eigenvalue weighted by atomic mass is 9.87. The highest BCUT2D eigenvalue weighted by molar-refractivity contribution is 6.31. The molecule has 5 nitrogen and oxygen atoms in total. The van der Waals surface area contributed by atoms with Gasteiger partial charge in [-0.05, 0) is 48.7 Å². The van der Waals surface area contributed by atoms with Crippen molar-refractivity contribution >= 4 is 28.4 Å². The van der Waals surface area contributed by atoms with E-state index in [0.717, 1.165) is 28.2 Å². The molecule has 2 aromatic heterocycles. The first-order valence-corrected chi connectivity index (χ1v) is 11.9. The van der Waals surface area contributed by atoms with Crippen LogP contribution < -0.4 is 0 Å². The molecule has 178 valence electrons. The van der Waals surface area contributed by atoms with Crippen molar-refractivity contribution in [2.75, 3.05) is 13.1 Å². The van der Waals surface area contributed by atoms with Gasteiger partial charge in [0.25, 0.3) is 5.91 Å². The van der Waals surface area contributed by atoms with Gasteiger partial charge in [0.1, 0.15) is 17.2 Å². The molecule has 0 atom stereocenters. The van der Waals surface area contributed by atoms with Crippen molar-refractivity contribution in [3.05, 3.63) is 100.0 Å². The number of benzene rings is 2. The standard InChI is InChI=1S/C27H22ClF2N3O2/c28-19-3-4-22-23(15-33(24(22)12-19)14-17-10-20(29)13-21(30)11-17)26(34)32-8-5-27(6-9-32)25-18(16-35-27)2-1-7-31-25/h1-4,7,10-13,15H,5-6,8-9,14,16H2. The summed E-state index contributed by atoms with van der Waals surface area (Å²) >= 11 is 6.24. The Balaban J connectivity index is 1.29. The second kappa shape index (κ2) is 8.43. The smallest absolute Gasteiger partial charge is 0.256 e. The van der Waals surface area contributed by atoms with Crippen LogP contribution in [0, 0.1) is 11.6 Å². The van der Waals surface area contributed by atoms with Gasteiger partial charge in [0.15, 0.2) is 0 Å². The normalized spacial score (nSPS) is 16.7. The lowest BCUT2D eigenvalue weighted by Gasteiger charge is -2.38. The molecule has 1 amide bonds. The summed E-state index contributed by atoms with van der Waals surface area (Å²) in [6, 6.07) is 12.7. The molecular formula is C27H22ClF2N3O2. The predicted octanol–water partition coefficient (Wildman–Crippen LogP) is 5.68. The third kappa shape index (κ3) is 3.89. The Morgan fingerprint density at radius 3 is 2.63 bits per heavy atom. The second-order valence-corrected chi connectivity index (χ2v) is 9.63. The number of carbonyl (C=O) groups excluding carboxylic acids is 1. The van der Waals surface area contributed by atoms with Gasteiger partial charge < -0.3 is 14.2 Å². The van der Waals surface area contributed by atoms with Crippen LogP contribution in [0.15, 0.2) is 60.9 Å². The van der Waals surface area contributed by atoms with Crippen molar-refractivity contribution in [1.29, 1.82) is 0 Å². The van der Waals surface area contributed by atoms with Crippen LogP contribution in [0.25, 0.3) is 10.9 Å². The number of hydrogen-bond donors (Lipinski definition) is 0. The molecule has 8 heteroatoms. The number of aromatic nitrogens is 2. The van der Waals surface area contributed by atoms with Crippen molar-refractivity contribution in [3.63, 3.8) is 0 Å². The van der Waals surface area contributed by atoms with Gasteiger partial charge in [-0.3, -0.25) is 9.78 Å². The molecule has 2 aliphatic heterocycles. The zero-order valence-corrected chi connectivity index (χ0v) is 19.6. The number of amides is 1. The Kier molecular flexibility index (Phi) is 5.34. The number of nitrogens with zero attached hydrogens (tertiary/aromatic N) is 3. The molecule has 0 aliphatic carbocycles. The van der Waals surface area contributed by atoms with Gasteiger partial charge in [-0.15, -0.1) is 0 Å². The van der Waals surface area contributed by atoms with Crippen molar-refractivity contribution in [2.24, 2.45) is 0 Å². The molecule has 35 heavy (non-hydrogen) atoms. The molecule has 1 fully saturated rings. The summed E-state index contributed by atoms with van der Waals surface area (Å²) in [5.41, 5.74) is 3.40. The molecule has 1 saturated heterocycles. The van der Waals surface area contributed by atoms with E-state index in [1.54, 1.807) is 24.5 Å². The number of ether oxygens (including phenoxy) is 1. The van der Waals surface area contributed by atoms with Crippen molar-refractivity contribution in [1.82, 2.24) is 14.5 Å². The van der Waals surface area contributed by atoms with E-state index in [1.807, 2.05) is 27.7 Å². The highest BCUT2D eigenvalue weighted by atomic mass is 35.5. The Bertz CT molecular complexity index is 1440. The minimum atomic E-state index is -0.641. The summed E-state index contributed by atoms with van der Waals surface area (Å²) in [5, 5.41) is 1.27. The van der Waals surface area contributed by atoms with Crippen LogP contribution in [0.4, 0.5) is 8.78 Å². The zero-order chi connectivity index (χ0) is 24.2. The first-order valence-electron chi connectivity index (χ1n) is 11.5. The number of rotatable bonds is 3.